The molecule has 8 heteroatoms. The predicted octanol–water partition coefficient (Wildman–Crippen LogP) is 2.73. The fraction of sp³-hybridized carbons (Fsp3) is 0.385. The minimum atomic E-state index is -0.0853. The number of hydrogen-bond acceptors (Lipinski definition) is 5. The lowest BCUT2D eigenvalue weighted by Crippen LogP contribution is -2.42. The predicted molar refractivity (Wildman–Crippen MR) is 87.7 cm³/mol. The van der Waals surface area contributed by atoms with Crippen LogP contribution in [0.1, 0.15) is 23.3 Å². The van der Waals surface area contributed by atoms with Gasteiger partial charge in [0.1, 0.15) is 17.0 Å². The molecule has 0 unspecified atom stereocenters. The summed E-state index contributed by atoms with van der Waals surface area (Å²) in [6.45, 7) is 1.92. The molecule has 21 heavy (non-hydrogen) atoms. The fourth-order valence-electron chi connectivity index (χ4n) is 2.12. The van der Waals surface area contributed by atoms with Gasteiger partial charge in [0, 0.05) is 17.0 Å². The number of furan rings is 1. The monoisotopic (exact) mass is 349 g/mol. The standard InChI is InChI=1S/C13H15N3O2S.2ClH/c17-12(15-10-1-4-14-5-2-10)11-8-19-13(16-11)9-3-6-18-7-9;;/h3,6-8,10,14H,1-2,4-5H2,(H,15,17);2*1H. The van der Waals surface area contributed by atoms with Gasteiger partial charge < -0.3 is 15.1 Å². The third-order valence-electron chi connectivity index (χ3n) is 3.18. The molecule has 2 N–H and O–H groups in total. The summed E-state index contributed by atoms with van der Waals surface area (Å²) in [5, 5.41) is 8.91. The van der Waals surface area contributed by atoms with Crippen molar-refractivity contribution in [3.8, 4) is 10.6 Å². The lowest BCUT2D eigenvalue weighted by atomic mass is 10.1. The van der Waals surface area contributed by atoms with Crippen LogP contribution in [0.15, 0.2) is 28.4 Å². The maximum Gasteiger partial charge on any atom is 0.270 e. The SMILES string of the molecule is Cl.Cl.O=C(NC1CCNCC1)c1csc(-c2ccoc2)n1. The summed E-state index contributed by atoms with van der Waals surface area (Å²) in [6.07, 6.45) is 5.19. The highest BCUT2D eigenvalue weighted by atomic mass is 35.5. The fourth-order valence-corrected chi connectivity index (χ4v) is 2.91. The van der Waals surface area contributed by atoms with Gasteiger partial charge in [-0.2, -0.15) is 0 Å². The van der Waals surface area contributed by atoms with E-state index in [0.29, 0.717) is 5.69 Å². The highest BCUT2D eigenvalue weighted by Crippen LogP contribution is 2.23. The molecule has 1 aliphatic heterocycles. The number of aromatic nitrogens is 1. The largest absolute Gasteiger partial charge is 0.472 e. The van der Waals surface area contributed by atoms with Crippen molar-refractivity contribution in [3.05, 3.63) is 29.7 Å². The van der Waals surface area contributed by atoms with Crippen molar-refractivity contribution in [3.63, 3.8) is 0 Å². The number of hydrogen-bond donors (Lipinski definition) is 2. The molecular weight excluding hydrogens is 333 g/mol. The molecule has 2 aromatic rings. The molecule has 1 amide bonds. The second-order valence-corrected chi connectivity index (χ2v) is 5.41. The van der Waals surface area contributed by atoms with E-state index >= 15 is 0 Å². The molecule has 0 aliphatic carbocycles. The summed E-state index contributed by atoms with van der Waals surface area (Å²) >= 11 is 1.45. The Morgan fingerprint density at radius 1 is 1.38 bits per heavy atom. The zero-order valence-corrected chi connectivity index (χ0v) is 13.7. The van der Waals surface area contributed by atoms with E-state index in [9.17, 15) is 4.79 Å². The smallest absolute Gasteiger partial charge is 0.270 e. The summed E-state index contributed by atoms with van der Waals surface area (Å²) < 4.78 is 5.02. The normalized spacial score (nSPS) is 14.9. The molecule has 0 saturated carbocycles. The van der Waals surface area contributed by atoms with Crippen LogP contribution >= 0.6 is 36.2 Å². The van der Waals surface area contributed by atoms with Crippen LogP contribution < -0.4 is 10.6 Å². The van der Waals surface area contributed by atoms with Crippen LogP contribution in [-0.2, 0) is 0 Å². The van der Waals surface area contributed by atoms with Crippen LogP contribution in [-0.4, -0.2) is 30.0 Å². The Hall–Kier alpha value is -1.08. The van der Waals surface area contributed by atoms with Gasteiger partial charge in [0.05, 0.1) is 6.26 Å². The molecule has 0 spiro atoms. The molecule has 3 rings (SSSR count). The average Bonchev–Trinajstić information content (AvgIpc) is 3.11. The third kappa shape index (κ3) is 4.44. The number of piperidine rings is 1. The maximum atomic E-state index is 12.1. The molecular formula is C13H17Cl2N3O2S. The molecule has 2 aromatic heterocycles. The van der Waals surface area contributed by atoms with Crippen LogP contribution in [0.4, 0.5) is 0 Å². The second kappa shape index (κ2) is 8.38. The van der Waals surface area contributed by atoms with Gasteiger partial charge in [-0.05, 0) is 32.0 Å². The van der Waals surface area contributed by atoms with Gasteiger partial charge in [-0.3, -0.25) is 4.79 Å². The Labute approximate surface area is 139 Å². The van der Waals surface area contributed by atoms with Crippen molar-refractivity contribution >= 4 is 42.1 Å². The number of nitrogens with one attached hydrogen (secondary N) is 2. The van der Waals surface area contributed by atoms with Crippen LogP contribution in [0, 0.1) is 0 Å². The first-order valence-corrected chi connectivity index (χ1v) is 7.20. The maximum absolute atomic E-state index is 12.1. The first-order valence-electron chi connectivity index (χ1n) is 6.32. The molecule has 0 atom stereocenters. The molecule has 3 heterocycles. The van der Waals surface area contributed by atoms with Crippen LogP contribution in [0.2, 0.25) is 0 Å². The summed E-state index contributed by atoms with van der Waals surface area (Å²) in [7, 11) is 0. The highest BCUT2D eigenvalue weighted by molar-refractivity contribution is 7.13. The first-order chi connectivity index (χ1) is 9.33. The van der Waals surface area contributed by atoms with E-state index < -0.39 is 0 Å². The molecule has 0 bridgehead atoms. The number of carbonyl (C=O) groups excluding carboxylic acids is 1. The van der Waals surface area contributed by atoms with E-state index in [1.54, 1.807) is 17.9 Å². The number of nitrogens with zero attached hydrogens (tertiary/aromatic N) is 1. The van der Waals surface area contributed by atoms with Crippen molar-refractivity contribution < 1.29 is 9.21 Å². The highest BCUT2D eigenvalue weighted by Gasteiger charge is 2.18. The van der Waals surface area contributed by atoms with Crippen molar-refractivity contribution in [1.82, 2.24) is 15.6 Å². The first kappa shape index (κ1) is 18.0. The number of carbonyl (C=O) groups is 1. The van der Waals surface area contributed by atoms with Crippen molar-refractivity contribution in [2.24, 2.45) is 0 Å². The van der Waals surface area contributed by atoms with E-state index in [2.05, 4.69) is 15.6 Å². The zero-order chi connectivity index (χ0) is 13.1. The van der Waals surface area contributed by atoms with Gasteiger partial charge in [0.25, 0.3) is 5.91 Å². The van der Waals surface area contributed by atoms with E-state index in [0.717, 1.165) is 36.5 Å². The van der Waals surface area contributed by atoms with Gasteiger partial charge in [-0.25, -0.2) is 4.98 Å². The molecule has 1 aliphatic rings. The Kier molecular flexibility index (Phi) is 7.17. The molecule has 1 fully saturated rings. The number of halogens is 2. The second-order valence-electron chi connectivity index (χ2n) is 4.55. The van der Waals surface area contributed by atoms with Gasteiger partial charge >= 0.3 is 0 Å². The Morgan fingerprint density at radius 3 is 2.81 bits per heavy atom. The minimum Gasteiger partial charge on any atom is -0.472 e. The molecule has 0 radical (unpaired) electrons. The van der Waals surface area contributed by atoms with Crippen molar-refractivity contribution in [2.45, 2.75) is 18.9 Å². The number of thiazole rings is 1. The lowest BCUT2D eigenvalue weighted by molar-refractivity contribution is 0.0925. The van der Waals surface area contributed by atoms with Gasteiger partial charge in [0.2, 0.25) is 0 Å². The molecule has 1 saturated heterocycles. The van der Waals surface area contributed by atoms with Gasteiger partial charge in [0.15, 0.2) is 0 Å². The van der Waals surface area contributed by atoms with E-state index in [4.69, 9.17) is 4.42 Å². The van der Waals surface area contributed by atoms with Gasteiger partial charge in [-0.1, -0.05) is 0 Å². The lowest BCUT2D eigenvalue weighted by Gasteiger charge is -2.23. The summed E-state index contributed by atoms with van der Waals surface area (Å²) in [6, 6.07) is 2.10. The molecule has 5 nitrogen and oxygen atoms in total. The Balaban J connectivity index is 0.00000110. The topological polar surface area (TPSA) is 67.2 Å². The van der Waals surface area contributed by atoms with E-state index in [1.807, 2.05) is 6.07 Å². The quantitative estimate of drug-likeness (QED) is 0.893. The van der Waals surface area contributed by atoms with Crippen LogP contribution in [0.3, 0.4) is 0 Å². The average molecular weight is 350 g/mol. The Morgan fingerprint density at radius 2 is 2.14 bits per heavy atom. The van der Waals surface area contributed by atoms with Crippen LogP contribution in [0.25, 0.3) is 10.6 Å². The number of amides is 1. The summed E-state index contributed by atoms with van der Waals surface area (Å²) in [4.78, 5) is 16.4. The minimum absolute atomic E-state index is 0. The van der Waals surface area contributed by atoms with E-state index in [1.165, 1.54) is 11.3 Å². The molecule has 116 valence electrons. The van der Waals surface area contributed by atoms with Crippen LogP contribution in [0.5, 0.6) is 0 Å². The summed E-state index contributed by atoms with van der Waals surface area (Å²) in [5.74, 6) is -0.0853. The van der Waals surface area contributed by atoms with Crippen molar-refractivity contribution in [1.29, 1.82) is 0 Å². The third-order valence-corrected chi connectivity index (χ3v) is 4.07. The van der Waals surface area contributed by atoms with Gasteiger partial charge in [-0.15, -0.1) is 36.2 Å². The number of rotatable bonds is 3. The van der Waals surface area contributed by atoms with E-state index in [-0.39, 0.29) is 36.8 Å². The summed E-state index contributed by atoms with van der Waals surface area (Å²) in [5.41, 5.74) is 1.39. The molecule has 0 aromatic carbocycles. The zero-order valence-electron chi connectivity index (χ0n) is 11.2. The van der Waals surface area contributed by atoms with Crippen molar-refractivity contribution in [2.75, 3.05) is 13.1 Å². The Bertz CT molecular complexity index is 554.